The molecule has 1 aromatic heterocycles. The van der Waals surface area contributed by atoms with E-state index >= 15 is 0 Å². The van der Waals surface area contributed by atoms with E-state index in [1.165, 1.54) is 50.6 Å². The van der Waals surface area contributed by atoms with E-state index in [9.17, 15) is 9.59 Å². The number of hydrogen-bond donors (Lipinski definition) is 1. The molecule has 0 saturated heterocycles. The molecule has 1 fully saturated rings. The molecule has 0 radical (unpaired) electrons. The lowest BCUT2D eigenvalue weighted by Crippen LogP contribution is -2.03. The van der Waals surface area contributed by atoms with E-state index in [0.29, 0.717) is 17.0 Å². The van der Waals surface area contributed by atoms with E-state index in [-0.39, 0.29) is 0 Å². The van der Waals surface area contributed by atoms with Gasteiger partial charge in [-0.15, -0.1) is 11.3 Å². The predicted octanol–water partition coefficient (Wildman–Crippen LogP) is 3.69. The van der Waals surface area contributed by atoms with Gasteiger partial charge in [0.2, 0.25) is 6.41 Å². The molecule has 4 nitrogen and oxygen atoms in total. The maximum absolute atomic E-state index is 11.0. The highest BCUT2D eigenvalue weighted by Crippen LogP contribution is 2.23. The van der Waals surface area contributed by atoms with Crippen molar-refractivity contribution < 1.29 is 14.3 Å². The second-order valence-corrected chi connectivity index (χ2v) is 5.58. The van der Waals surface area contributed by atoms with E-state index < -0.39 is 5.97 Å². The van der Waals surface area contributed by atoms with Crippen LogP contribution in [-0.2, 0) is 9.53 Å². The Morgan fingerprint density at radius 2 is 2.11 bits per heavy atom. The molecule has 1 saturated carbocycles. The molecule has 1 amide bonds. The third kappa shape index (κ3) is 5.42. The van der Waals surface area contributed by atoms with Crippen LogP contribution in [-0.4, -0.2) is 19.5 Å². The smallest absolute Gasteiger partial charge is 0.340 e. The molecule has 0 spiro atoms. The fraction of sp³-hybridized carbons (Fsp3) is 0.571. The zero-order valence-electron chi connectivity index (χ0n) is 11.5. The predicted molar refractivity (Wildman–Crippen MR) is 77.6 cm³/mol. The van der Waals surface area contributed by atoms with Gasteiger partial charge in [-0.3, -0.25) is 4.79 Å². The molecule has 106 valence electrons. The van der Waals surface area contributed by atoms with Crippen LogP contribution in [0, 0.1) is 5.92 Å². The molecule has 19 heavy (non-hydrogen) atoms. The lowest BCUT2D eigenvalue weighted by Gasteiger charge is -2.15. The van der Waals surface area contributed by atoms with Crippen molar-refractivity contribution in [3.8, 4) is 0 Å². The van der Waals surface area contributed by atoms with E-state index in [2.05, 4.69) is 17.0 Å². The van der Waals surface area contributed by atoms with Crippen LogP contribution in [0.4, 0.5) is 5.00 Å². The van der Waals surface area contributed by atoms with Gasteiger partial charge in [-0.05, 0) is 17.4 Å². The number of esters is 1. The number of hydrogen-bond acceptors (Lipinski definition) is 4. The summed E-state index contributed by atoms with van der Waals surface area (Å²) in [4.78, 5) is 21.1. The van der Waals surface area contributed by atoms with Gasteiger partial charge in [0, 0.05) is 0 Å². The fourth-order valence-electron chi connectivity index (χ4n) is 2.05. The van der Waals surface area contributed by atoms with Crippen molar-refractivity contribution in [2.75, 3.05) is 12.4 Å². The molecule has 1 aromatic rings. The average molecular weight is 283 g/mol. The molecule has 2 rings (SSSR count). The lowest BCUT2D eigenvalue weighted by atomic mass is 9.91. The number of ether oxygens (including phenoxy) is 1. The van der Waals surface area contributed by atoms with Gasteiger partial charge >= 0.3 is 5.97 Å². The Hall–Kier alpha value is -1.36. The van der Waals surface area contributed by atoms with Crippen LogP contribution >= 0.6 is 11.3 Å². The number of carbonyl (C=O) groups excluding carboxylic acids is 2. The molecule has 0 bridgehead atoms. The molecular weight excluding hydrogens is 262 g/mol. The Balaban J connectivity index is 0.000000218. The number of anilines is 1. The molecule has 5 heteroatoms. The lowest BCUT2D eigenvalue weighted by molar-refractivity contribution is -0.105. The van der Waals surface area contributed by atoms with Gasteiger partial charge in [0.15, 0.2) is 0 Å². The first kappa shape index (κ1) is 15.7. The summed E-state index contributed by atoms with van der Waals surface area (Å²) >= 11 is 1.27. The second-order valence-electron chi connectivity index (χ2n) is 4.66. The first-order valence-corrected chi connectivity index (χ1v) is 7.43. The van der Waals surface area contributed by atoms with Crippen molar-refractivity contribution in [1.29, 1.82) is 0 Å². The zero-order valence-corrected chi connectivity index (χ0v) is 12.3. The summed E-state index contributed by atoms with van der Waals surface area (Å²) in [5.74, 6) is 0.592. The van der Waals surface area contributed by atoms with Crippen molar-refractivity contribution in [3.63, 3.8) is 0 Å². The van der Waals surface area contributed by atoms with Gasteiger partial charge < -0.3 is 10.1 Å². The van der Waals surface area contributed by atoms with E-state index in [1.54, 1.807) is 11.4 Å². The summed E-state index contributed by atoms with van der Waals surface area (Å²) in [5.41, 5.74) is 0.384. The fourth-order valence-corrected chi connectivity index (χ4v) is 2.79. The maximum Gasteiger partial charge on any atom is 0.340 e. The van der Waals surface area contributed by atoms with Gasteiger partial charge in [-0.2, -0.15) is 0 Å². The third-order valence-corrected chi connectivity index (χ3v) is 4.00. The number of amides is 1. The number of thiophene rings is 1. The molecule has 0 aliphatic heterocycles. The minimum Gasteiger partial charge on any atom is -0.465 e. The van der Waals surface area contributed by atoms with Crippen LogP contribution < -0.4 is 5.32 Å². The molecular formula is C14H21NO3S. The Morgan fingerprint density at radius 3 is 2.58 bits per heavy atom. The second kappa shape index (κ2) is 8.69. The van der Waals surface area contributed by atoms with Crippen LogP contribution in [0.15, 0.2) is 11.4 Å². The largest absolute Gasteiger partial charge is 0.465 e. The van der Waals surface area contributed by atoms with Crippen LogP contribution in [0.2, 0.25) is 0 Å². The molecule has 0 atom stereocenters. The molecule has 0 aromatic carbocycles. The van der Waals surface area contributed by atoms with Gasteiger partial charge in [-0.1, -0.05) is 39.0 Å². The van der Waals surface area contributed by atoms with Crippen LogP contribution in [0.25, 0.3) is 0 Å². The molecule has 1 aliphatic carbocycles. The molecule has 1 aliphatic rings. The SMILES string of the molecule is CC1CCCCC1.COC(=O)c1ccsc1NC=O. The number of nitrogens with one attached hydrogen (secondary N) is 1. The highest BCUT2D eigenvalue weighted by molar-refractivity contribution is 7.14. The molecule has 1 N–H and O–H groups in total. The van der Waals surface area contributed by atoms with Crippen molar-refractivity contribution >= 4 is 28.7 Å². The summed E-state index contributed by atoms with van der Waals surface area (Å²) in [5, 5.41) is 4.63. The summed E-state index contributed by atoms with van der Waals surface area (Å²) in [6.45, 7) is 2.36. The van der Waals surface area contributed by atoms with Crippen LogP contribution in [0.5, 0.6) is 0 Å². The normalized spacial score (nSPS) is 15.1. The summed E-state index contributed by atoms with van der Waals surface area (Å²) in [6, 6.07) is 1.60. The van der Waals surface area contributed by atoms with E-state index in [1.807, 2.05) is 0 Å². The van der Waals surface area contributed by atoms with Gasteiger partial charge in [0.1, 0.15) is 5.00 Å². The minimum absolute atomic E-state index is 0.384. The number of rotatable bonds is 3. The Morgan fingerprint density at radius 1 is 1.42 bits per heavy atom. The van der Waals surface area contributed by atoms with Crippen LogP contribution in [0.1, 0.15) is 49.4 Å². The number of methoxy groups -OCH3 is 1. The summed E-state index contributed by atoms with van der Waals surface area (Å²) in [7, 11) is 1.30. The van der Waals surface area contributed by atoms with Gasteiger partial charge in [0.25, 0.3) is 0 Å². The monoisotopic (exact) mass is 283 g/mol. The minimum atomic E-state index is -0.444. The van der Waals surface area contributed by atoms with Gasteiger partial charge in [0.05, 0.1) is 12.7 Å². The van der Waals surface area contributed by atoms with Gasteiger partial charge in [-0.25, -0.2) is 4.79 Å². The first-order chi connectivity index (χ1) is 9.19. The van der Waals surface area contributed by atoms with Crippen molar-refractivity contribution in [2.45, 2.75) is 39.0 Å². The Kier molecular flexibility index (Phi) is 7.18. The maximum atomic E-state index is 11.0. The quantitative estimate of drug-likeness (QED) is 0.680. The summed E-state index contributed by atoms with van der Waals surface area (Å²) < 4.78 is 4.49. The molecule has 0 unspecified atom stereocenters. The molecule has 1 heterocycles. The highest BCUT2D eigenvalue weighted by atomic mass is 32.1. The zero-order chi connectivity index (χ0) is 14.1. The first-order valence-electron chi connectivity index (χ1n) is 6.55. The summed E-state index contributed by atoms with van der Waals surface area (Å²) in [6.07, 6.45) is 7.96. The standard InChI is InChI=1S/C7H7NO3S.C7H14/c1-11-7(10)5-2-3-12-6(5)8-4-9;1-7-5-3-2-4-6-7/h2-4H,1H3,(H,8,9);7H,2-6H2,1H3. The topological polar surface area (TPSA) is 55.4 Å². The number of carbonyl (C=O) groups is 2. The van der Waals surface area contributed by atoms with Crippen molar-refractivity contribution in [1.82, 2.24) is 0 Å². The van der Waals surface area contributed by atoms with E-state index in [4.69, 9.17) is 0 Å². The average Bonchev–Trinajstić information content (AvgIpc) is 2.88. The van der Waals surface area contributed by atoms with Crippen molar-refractivity contribution in [2.24, 2.45) is 5.92 Å². The van der Waals surface area contributed by atoms with Crippen molar-refractivity contribution in [3.05, 3.63) is 17.0 Å². The van der Waals surface area contributed by atoms with Crippen LogP contribution in [0.3, 0.4) is 0 Å². The Labute approximate surface area is 118 Å². The van der Waals surface area contributed by atoms with E-state index in [0.717, 1.165) is 5.92 Å². The third-order valence-electron chi connectivity index (χ3n) is 3.15. The highest BCUT2D eigenvalue weighted by Gasteiger charge is 2.11. The Bertz CT molecular complexity index is 397.